The van der Waals surface area contributed by atoms with Gasteiger partial charge in [-0.2, -0.15) is 0 Å². The summed E-state index contributed by atoms with van der Waals surface area (Å²) >= 11 is 0. The van der Waals surface area contributed by atoms with Crippen LogP contribution in [0, 0.1) is 5.92 Å². The van der Waals surface area contributed by atoms with Crippen LogP contribution in [0.3, 0.4) is 0 Å². The Balaban J connectivity index is 1.74. The first kappa shape index (κ1) is 17.7. The molecule has 1 saturated heterocycles. The van der Waals surface area contributed by atoms with E-state index in [1.54, 1.807) is 30.5 Å². The summed E-state index contributed by atoms with van der Waals surface area (Å²) in [5, 5.41) is 5.23. The molecule has 2 heterocycles. The number of rotatable bonds is 5. The van der Waals surface area contributed by atoms with Gasteiger partial charge in [-0.05, 0) is 30.2 Å². The minimum Gasteiger partial charge on any atom is -0.342 e. The Bertz CT molecular complexity index is 841. The summed E-state index contributed by atoms with van der Waals surface area (Å²) in [6.45, 7) is 4.02. The molecule has 1 atom stereocenters. The number of nitrogens with one attached hydrogen (secondary N) is 2. The third-order valence-electron chi connectivity index (χ3n) is 4.32. The number of benzene rings is 1. The van der Waals surface area contributed by atoms with E-state index < -0.39 is 6.03 Å². The molecule has 1 fully saturated rings. The first-order valence-electron chi connectivity index (χ1n) is 8.36. The predicted octanol–water partition coefficient (Wildman–Crippen LogP) is 1.60. The molecule has 8 heteroatoms. The average Bonchev–Trinajstić information content (AvgIpc) is 3.17. The minimum absolute atomic E-state index is 0.0149. The van der Waals surface area contributed by atoms with Gasteiger partial charge in [0, 0.05) is 30.7 Å². The second-order valence-corrected chi connectivity index (χ2v) is 6.58. The van der Waals surface area contributed by atoms with Gasteiger partial charge in [-0.1, -0.05) is 13.8 Å². The average molecular weight is 355 g/mol. The highest BCUT2D eigenvalue weighted by molar-refractivity contribution is 6.12. The number of nitrogens with zero attached hydrogens (tertiary/aromatic N) is 3. The van der Waals surface area contributed by atoms with E-state index in [0.29, 0.717) is 11.3 Å². The van der Waals surface area contributed by atoms with E-state index in [9.17, 15) is 14.4 Å². The first-order chi connectivity index (χ1) is 12.4. The Labute approximate surface area is 151 Å². The van der Waals surface area contributed by atoms with Crippen LogP contribution in [0.5, 0.6) is 0 Å². The smallest absolute Gasteiger partial charge is 0.329 e. The molecular weight excluding hydrogens is 334 g/mol. The second kappa shape index (κ2) is 6.99. The lowest BCUT2D eigenvalue weighted by Gasteiger charge is -2.22. The number of hydrogen-bond donors (Lipinski definition) is 2. The maximum absolute atomic E-state index is 12.6. The van der Waals surface area contributed by atoms with Crippen LogP contribution < -0.4 is 15.5 Å². The summed E-state index contributed by atoms with van der Waals surface area (Å²) in [4.78, 5) is 41.3. The molecule has 4 amide bonds. The third kappa shape index (κ3) is 3.44. The number of aryl methyl sites for hydroxylation is 1. The van der Waals surface area contributed by atoms with Crippen LogP contribution >= 0.6 is 0 Å². The zero-order valence-corrected chi connectivity index (χ0v) is 14.9. The van der Waals surface area contributed by atoms with Crippen LogP contribution in [0.15, 0.2) is 36.7 Å². The van der Waals surface area contributed by atoms with Crippen LogP contribution in [0.4, 0.5) is 10.5 Å². The number of aromatic nitrogens is 2. The lowest BCUT2D eigenvalue weighted by atomic mass is 10.0. The maximum Gasteiger partial charge on any atom is 0.329 e. The van der Waals surface area contributed by atoms with Gasteiger partial charge < -0.3 is 9.88 Å². The van der Waals surface area contributed by atoms with Crippen molar-refractivity contribution in [2.75, 3.05) is 11.4 Å². The predicted molar refractivity (Wildman–Crippen MR) is 95.6 cm³/mol. The van der Waals surface area contributed by atoms with Gasteiger partial charge in [0.25, 0.3) is 5.91 Å². The van der Waals surface area contributed by atoms with Crippen molar-refractivity contribution < 1.29 is 14.4 Å². The van der Waals surface area contributed by atoms with Crippen LogP contribution in [0.1, 0.15) is 36.1 Å². The standard InChI is InChI=1S/C18H21N5O3/c1-11(2)15(16-19-8-9-22(16)3)21-17(25)12-4-6-13(7-5-12)23-10-14(24)20-18(23)26/h4-9,11,15H,10H2,1-3H3,(H,21,25)(H,20,24,26)/t15-/m0/s1. The monoisotopic (exact) mass is 355 g/mol. The van der Waals surface area contributed by atoms with E-state index in [1.807, 2.05) is 31.7 Å². The second-order valence-electron chi connectivity index (χ2n) is 6.58. The zero-order valence-electron chi connectivity index (χ0n) is 14.9. The molecule has 1 aliphatic rings. The molecule has 0 aliphatic carbocycles. The molecule has 26 heavy (non-hydrogen) atoms. The molecule has 2 aromatic rings. The van der Waals surface area contributed by atoms with Gasteiger partial charge in [-0.25, -0.2) is 9.78 Å². The van der Waals surface area contributed by atoms with E-state index in [1.165, 1.54) is 4.90 Å². The highest BCUT2D eigenvalue weighted by Crippen LogP contribution is 2.21. The fourth-order valence-electron chi connectivity index (χ4n) is 2.87. The molecular formula is C18H21N5O3. The van der Waals surface area contributed by atoms with Crippen molar-refractivity contribution in [1.82, 2.24) is 20.2 Å². The van der Waals surface area contributed by atoms with Gasteiger partial charge >= 0.3 is 6.03 Å². The van der Waals surface area contributed by atoms with Crippen molar-refractivity contribution in [3.05, 3.63) is 48.0 Å². The summed E-state index contributed by atoms with van der Waals surface area (Å²) in [6, 6.07) is 5.90. The molecule has 1 aliphatic heterocycles. The van der Waals surface area contributed by atoms with Crippen LogP contribution in [0.2, 0.25) is 0 Å². The lowest BCUT2D eigenvalue weighted by Crippen LogP contribution is -2.33. The van der Waals surface area contributed by atoms with Crippen molar-refractivity contribution in [1.29, 1.82) is 0 Å². The van der Waals surface area contributed by atoms with Crippen LogP contribution in [0.25, 0.3) is 0 Å². The largest absolute Gasteiger partial charge is 0.342 e. The summed E-state index contributed by atoms with van der Waals surface area (Å²) < 4.78 is 1.89. The molecule has 136 valence electrons. The fraction of sp³-hybridized carbons (Fsp3) is 0.333. The molecule has 1 aromatic heterocycles. The molecule has 2 N–H and O–H groups in total. The molecule has 0 spiro atoms. The van der Waals surface area contributed by atoms with Gasteiger partial charge in [0.15, 0.2) is 0 Å². The van der Waals surface area contributed by atoms with E-state index in [4.69, 9.17) is 0 Å². The maximum atomic E-state index is 12.6. The third-order valence-corrected chi connectivity index (χ3v) is 4.32. The molecule has 8 nitrogen and oxygen atoms in total. The Morgan fingerprint density at radius 3 is 2.42 bits per heavy atom. The highest BCUT2D eigenvalue weighted by Gasteiger charge is 2.28. The summed E-state index contributed by atoms with van der Waals surface area (Å²) in [6.07, 6.45) is 3.54. The van der Waals surface area contributed by atoms with Gasteiger partial charge in [0.2, 0.25) is 5.91 Å². The summed E-state index contributed by atoms with van der Waals surface area (Å²) in [5.74, 6) is 0.391. The van der Waals surface area contributed by atoms with Crippen molar-refractivity contribution in [2.24, 2.45) is 13.0 Å². The fourth-order valence-corrected chi connectivity index (χ4v) is 2.87. The number of imide groups is 1. The normalized spacial score (nSPS) is 15.3. The number of anilines is 1. The molecule has 0 radical (unpaired) electrons. The highest BCUT2D eigenvalue weighted by atomic mass is 16.2. The van der Waals surface area contributed by atoms with E-state index in [0.717, 1.165) is 5.82 Å². The van der Waals surface area contributed by atoms with Gasteiger partial charge in [-0.15, -0.1) is 0 Å². The van der Waals surface area contributed by atoms with E-state index in [-0.39, 0.29) is 30.3 Å². The van der Waals surface area contributed by atoms with Gasteiger partial charge in [0.05, 0.1) is 6.04 Å². The molecule has 0 saturated carbocycles. The Morgan fingerprint density at radius 2 is 1.92 bits per heavy atom. The zero-order chi connectivity index (χ0) is 18.8. The van der Waals surface area contributed by atoms with Gasteiger partial charge in [0.1, 0.15) is 12.4 Å². The van der Waals surface area contributed by atoms with Crippen molar-refractivity contribution in [3.8, 4) is 0 Å². The quantitative estimate of drug-likeness (QED) is 0.796. The molecule has 0 unspecified atom stereocenters. The van der Waals surface area contributed by atoms with E-state index in [2.05, 4.69) is 15.6 Å². The van der Waals surface area contributed by atoms with Crippen LogP contribution in [-0.2, 0) is 11.8 Å². The summed E-state index contributed by atoms with van der Waals surface area (Å²) in [7, 11) is 1.89. The number of imidazole rings is 1. The SMILES string of the molecule is CC(C)[C@H](NC(=O)c1ccc(N2CC(=O)NC2=O)cc1)c1nccn1C. The Hall–Kier alpha value is -3.16. The minimum atomic E-state index is -0.457. The number of carbonyl (C=O) groups excluding carboxylic acids is 3. The number of amides is 4. The Kier molecular flexibility index (Phi) is 4.75. The van der Waals surface area contributed by atoms with Crippen molar-refractivity contribution in [2.45, 2.75) is 19.9 Å². The Morgan fingerprint density at radius 1 is 1.23 bits per heavy atom. The van der Waals surface area contributed by atoms with Crippen molar-refractivity contribution in [3.63, 3.8) is 0 Å². The molecule has 3 rings (SSSR count). The molecule has 1 aromatic carbocycles. The molecule has 0 bridgehead atoms. The lowest BCUT2D eigenvalue weighted by molar-refractivity contribution is -0.117. The number of carbonyl (C=O) groups is 3. The first-order valence-corrected chi connectivity index (χ1v) is 8.36. The van der Waals surface area contributed by atoms with Crippen molar-refractivity contribution >= 4 is 23.5 Å². The van der Waals surface area contributed by atoms with Crippen LogP contribution in [-0.4, -0.2) is 33.9 Å². The van der Waals surface area contributed by atoms with Gasteiger partial charge in [-0.3, -0.25) is 19.8 Å². The number of urea groups is 1. The van der Waals surface area contributed by atoms with E-state index >= 15 is 0 Å². The topological polar surface area (TPSA) is 96.3 Å². The summed E-state index contributed by atoms with van der Waals surface area (Å²) in [5.41, 5.74) is 1.04. The number of hydrogen-bond acceptors (Lipinski definition) is 4.